The molecule has 0 aromatic heterocycles. The van der Waals surface area contributed by atoms with Gasteiger partial charge in [0, 0.05) is 18.5 Å². The molecule has 0 aromatic rings. The minimum atomic E-state index is -0.0949. The summed E-state index contributed by atoms with van der Waals surface area (Å²) in [5.41, 5.74) is 0.506. The molecule has 3 heteroatoms. The lowest BCUT2D eigenvalue weighted by atomic mass is 9.67. The molecule has 3 rings (SSSR count). The van der Waals surface area contributed by atoms with Gasteiger partial charge in [-0.25, -0.2) is 0 Å². The van der Waals surface area contributed by atoms with Crippen LogP contribution in [0.25, 0.3) is 0 Å². The zero-order valence-corrected chi connectivity index (χ0v) is 13.0. The van der Waals surface area contributed by atoms with Gasteiger partial charge in [0.05, 0.1) is 0 Å². The SMILES string of the molecule is CC1(C(=O)N2CCC3(CCCCC3)CC2)CCNCC1. The van der Waals surface area contributed by atoms with E-state index in [4.69, 9.17) is 0 Å². The first kappa shape index (κ1) is 14.4. The van der Waals surface area contributed by atoms with Crippen LogP contribution in [0.4, 0.5) is 0 Å². The first-order valence-electron chi connectivity index (χ1n) is 8.64. The molecule has 3 nitrogen and oxygen atoms in total. The summed E-state index contributed by atoms with van der Waals surface area (Å²) in [6.07, 6.45) is 11.6. The van der Waals surface area contributed by atoms with Crippen LogP contribution in [0.3, 0.4) is 0 Å². The maximum atomic E-state index is 12.8. The highest BCUT2D eigenvalue weighted by atomic mass is 16.2. The number of carbonyl (C=O) groups excluding carboxylic acids is 1. The molecule has 1 saturated carbocycles. The van der Waals surface area contributed by atoms with Crippen LogP contribution < -0.4 is 5.32 Å². The Hall–Kier alpha value is -0.570. The van der Waals surface area contributed by atoms with Crippen molar-refractivity contribution in [1.29, 1.82) is 0 Å². The minimum absolute atomic E-state index is 0.0949. The molecule has 2 saturated heterocycles. The Labute approximate surface area is 123 Å². The number of amides is 1. The summed E-state index contributed by atoms with van der Waals surface area (Å²) in [6, 6.07) is 0. The van der Waals surface area contributed by atoms with Gasteiger partial charge in [-0.05, 0) is 57.0 Å². The molecular formula is C17H30N2O. The van der Waals surface area contributed by atoms with E-state index >= 15 is 0 Å². The van der Waals surface area contributed by atoms with Gasteiger partial charge in [0.25, 0.3) is 0 Å². The molecule has 0 aromatic carbocycles. The summed E-state index contributed by atoms with van der Waals surface area (Å²) in [5.74, 6) is 0.435. The van der Waals surface area contributed by atoms with Crippen LogP contribution in [0.5, 0.6) is 0 Å². The van der Waals surface area contributed by atoms with Crippen molar-refractivity contribution in [2.24, 2.45) is 10.8 Å². The molecule has 1 aliphatic carbocycles. The molecule has 1 N–H and O–H groups in total. The van der Waals surface area contributed by atoms with Crippen molar-refractivity contribution in [2.75, 3.05) is 26.2 Å². The summed E-state index contributed by atoms with van der Waals surface area (Å²) in [5, 5.41) is 3.37. The first-order valence-corrected chi connectivity index (χ1v) is 8.64. The first-order chi connectivity index (χ1) is 9.64. The highest BCUT2D eigenvalue weighted by Crippen LogP contribution is 2.45. The smallest absolute Gasteiger partial charge is 0.228 e. The summed E-state index contributed by atoms with van der Waals surface area (Å²) in [7, 11) is 0. The molecule has 114 valence electrons. The average molecular weight is 278 g/mol. The number of nitrogens with one attached hydrogen (secondary N) is 1. The second-order valence-electron chi connectivity index (χ2n) is 7.66. The van der Waals surface area contributed by atoms with E-state index in [1.165, 1.54) is 44.9 Å². The summed E-state index contributed by atoms with van der Waals surface area (Å²) >= 11 is 0. The summed E-state index contributed by atoms with van der Waals surface area (Å²) < 4.78 is 0. The van der Waals surface area contributed by atoms with E-state index in [1.54, 1.807) is 0 Å². The van der Waals surface area contributed by atoms with Crippen LogP contribution in [0, 0.1) is 10.8 Å². The highest BCUT2D eigenvalue weighted by Gasteiger charge is 2.42. The average Bonchev–Trinajstić information content (AvgIpc) is 2.49. The van der Waals surface area contributed by atoms with Crippen LogP contribution in [0.1, 0.15) is 64.7 Å². The Kier molecular flexibility index (Phi) is 4.07. The van der Waals surface area contributed by atoms with E-state index in [0.717, 1.165) is 39.0 Å². The van der Waals surface area contributed by atoms with Crippen molar-refractivity contribution < 1.29 is 4.79 Å². The Morgan fingerprint density at radius 3 is 2.10 bits per heavy atom. The lowest BCUT2D eigenvalue weighted by molar-refractivity contribution is -0.145. The Morgan fingerprint density at radius 1 is 0.900 bits per heavy atom. The van der Waals surface area contributed by atoms with E-state index in [-0.39, 0.29) is 5.41 Å². The van der Waals surface area contributed by atoms with Crippen LogP contribution >= 0.6 is 0 Å². The quantitative estimate of drug-likeness (QED) is 0.800. The normalized spacial score (nSPS) is 29.4. The third-order valence-corrected chi connectivity index (χ3v) is 6.25. The van der Waals surface area contributed by atoms with Crippen molar-refractivity contribution in [2.45, 2.75) is 64.7 Å². The molecule has 0 radical (unpaired) electrons. The van der Waals surface area contributed by atoms with Gasteiger partial charge in [-0.1, -0.05) is 26.2 Å². The van der Waals surface area contributed by atoms with Crippen LogP contribution in [-0.2, 0) is 4.79 Å². The van der Waals surface area contributed by atoms with Gasteiger partial charge in [-0.3, -0.25) is 4.79 Å². The minimum Gasteiger partial charge on any atom is -0.342 e. The third kappa shape index (κ3) is 2.74. The summed E-state index contributed by atoms with van der Waals surface area (Å²) in [4.78, 5) is 15.0. The number of likely N-dealkylation sites (tertiary alicyclic amines) is 1. The Bertz CT molecular complexity index is 344. The fraction of sp³-hybridized carbons (Fsp3) is 0.941. The zero-order chi connectivity index (χ0) is 14.1. The van der Waals surface area contributed by atoms with Crippen LogP contribution in [0.2, 0.25) is 0 Å². The molecule has 0 atom stereocenters. The van der Waals surface area contributed by atoms with Gasteiger partial charge < -0.3 is 10.2 Å². The van der Waals surface area contributed by atoms with Crippen LogP contribution in [0.15, 0.2) is 0 Å². The van der Waals surface area contributed by atoms with E-state index in [1.807, 2.05) is 0 Å². The molecule has 3 aliphatic rings. The van der Waals surface area contributed by atoms with E-state index in [9.17, 15) is 4.79 Å². The predicted molar refractivity (Wildman–Crippen MR) is 81.5 cm³/mol. The molecule has 3 fully saturated rings. The van der Waals surface area contributed by atoms with E-state index in [2.05, 4.69) is 17.1 Å². The second kappa shape index (κ2) is 5.67. The standard InChI is InChI=1S/C17H30N2O/c1-16(7-11-18-12-8-16)15(20)19-13-9-17(10-14-19)5-3-2-4-6-17/h18H,2-14H2,1H3. The molecule has 0 bridgehead atoms. The molecule has 2 heterocycles. The predicted octanol–water partition coefficient (Wildman–Crippen LogP) is 2.95. The topological polar surface area (TPSA) is 32.3 Å². The Balaban J connectivity index is 1.58. The highest BCUT2D eigenvalue weighted by molar-refractivity contribution is 5.82. The molecule has 20 heavy (non-hydrogen) atoms. The van der Waals surface area contributed by atoms with Gasteiger partial charge in [0.15, 0.2) is 0 Å². The summed E-state index contributed by atoms with van der Waals surface area (Å²) in [6.45, 7) is 6.21. The number of carbonyl (C=O) groups is 1. The third-order valence-electron chi connectivity index (χ3n) is 6.25. The molecule has 2 aliphatic heterocycles. The maximum Gasteiger partial charge on any atom is 0.228 e. The zero-order valence-electron chi connectivity index (χ0n) is 13.0. The van der Waals surface area contributed by atoms with E-state index < -0.39 is 0 Å². The number of piperidine rings is 2. The second-order valence-corrected chi connectivity index (χ2v) is 7.66. The number of hydrogen-bond acceptors (Lipinski definition) is 2. The molecule has 1 spiro atoms. The largest absolute Gasteiger partial charge is 0.342 e. The number of rotatable bonds is 1. The van der Waals surface area contributed by atoms with Crippen molar-refractivity contribution in [3.05, 3.63) is 0 Å². The van der Waals surface area contributed by atoms with Crippen molar-refractivity contribution in [1.82, 2.24) is 10.2 Å². The lowest BCUT2D eigenvalue weighted by Gasteiger charge is -2.46. The van der Waals surface area contributed by atoms with Crippen molar-refractivity contribution in [3.8, 4) is 0 Å². The van der Waals surface area contributed by atoms with Crippen LogP contribution in [-0.4, -0.2) is 37.0 Å². The molecular weight excluding hydrogens is 248 g/mol. The monoisotopic (exact) mass is 278 g/mol. The van der Waals surface area contributed by atoms with Crippen molar-refractivity contribution >= 4 is 5.91 Å². The van der Waals surface area contributed by atoms with Gasteiger partial charge >= 0.3 is 0 Å². The molecule has 0 unspecified atom stereocenters. The van der Waals surface area contributed by atoms with Gasteiger partial charge in [-0.2, -0.15) is 0 Å². The number of nitrogens with zero attached hydrogens (tertiary/aromatic N) is 1. The Morgan fingerprint density at radius 2 is 1.50 bits per heavy atom. The van der Waals surface area contributed by atoms with E-state index in [0.29, 0.717) is 11.3 Å². The number of hydrogen-bond donors (Lipinski definition) is 1. The van der Waals surface area contributed by atoms with Crippen molar-refractivity contribution in [3.63, 3.8) is 0 Å². The van der Waals surface area contributed by atoms with Gasteiger partial charge in [-0.15, -0.1) is 0 Å². The fourth-order valence-corrected chi connectivity index (χ4v) is 4.56. The fourth-order valence-electron chi connectivity index (χ4n) is 4.56. The maximum absolute atomic E-state index is 12.8. The molecule has 1 amide bonds. The van der Waals surface area contributed by atoms with Gasteiger partial charge in [0.2, 0.25) is 5.91 Å². The lowest BCUT2D eigenvalue weighted by Crippen LogP contribution is -2.51. The van der Waals surface area contributed by atoms with Gasteiger partial charge in [0.1, 0.15) is 0 Å².